The third kappa shape index (κ3) is 4.47. The zero-order chi connectivity index (χ0) is 25.9. The van der Waals surface area contributed by atoms with Crippen molar-refractivity contribution >= 4 is 51.6 Å². The maximum atomic E-state index is 6.78. The second kappa shape index (κ2) is 8.93. The Morgan fingerprint density at radius 3 is 1.49 bits per heavy atom. The van der Waals surface area contributed by atoms with Crippen molar-refractivity contribution in [2.45, 2.75) is 71.6 Å². The van der Waals surface area contributed by atoms with Gasteiger partial charge in [0.1, 0.15) is 11.2 Å². The maximum Gasteiger partial charge on any atom is 0.309 e. The Morgan fingerprint density at radius 1 is 0.595 bits per heavy atom. The van der Waals surface area contributed by atoms with Crippen LogP contribution in [0.4, 0.5) is 0 Å². The fourth-order valence-corrected chi connectivity index (χ4v) is 7.08. The number of benzene rings is 4. The minimum absolute atomic E-state index is 0.0944. The molecular formula is C33H38NO2P. The van der Waals surface area contributed by atoms with Crippen molar-refractivity contribution < 1.29 is 8.39 Å². The standard InChI is InChI=1S/C33H38NO2P/c1-32(2,3)24-12-14-26-22(20-24)10-16-28-30(26)31-27-15-13-25(33(4,5)6)21-23(27)11-17-29(31)36-37(35-28)34-18-8-7-9-19-34/h10-17,20-21H,7-9,18-19H2,1-6H3. The average Bonchev–Trinajstić information content (AvgIpc) is 3.04. The van der Waals surface area contributed by atoms with Crippen LogP contribution in [-0.4, -0.2) is 13.1 Å². The van der Waals surface area contributed by atoms with Crippen LogP contribution >= 0.6 is 8.16 Å². The molecule has 1 fully saturated rings. The molecule has 6 rings (SSSR count). The minimum Gasteiger partial charge on any atom is -0.408 e. The second-order valence-electron chi connectivity index (χ2n) is 12.7. The second-order valence-corrected chi connectivity index (χ2v) is 14.1. The quantitative estimate of drug-likeness (QED) is 0.224. The van der Waals surface area contributed by atoms with Gasteiger partial charge in [0, 0.05) is 23.9 Å². The van der Waals surface area contributed by atoms with E-state index in [4.69, 9.17) is 8.39 Å². The first kappa shape index (κ1) is 24.6. The van der Waals surface area contributed by atoms with Crippen molar-refractivity contribution in [1.82, 2.24) is 0 Å². The molecule has 0 atom stereocenters. The van der Waals surface area contributed by atoms with Crippen LogP contribution in [0.2, 0.25) is 0 Å². The number of fused-ring (bicyclic) bond motifs is 7. The van der Waals surface area contributed by atoms with E-state index >= 15 is 0 Å². The summed E-state index contributed by atoms with van der Waals surface area (Å²) in [5.74, 6) is 0. The molecule has 0 radical (unpaired) electrons. The van der Waals surface area contributed by atoms with Crippen LogP contribution in [-0.2, 0) is 10.8 Å². The predicted octanol–water partition coefficient (Wildman–Crippen LogP) is 10.3. The number of hydrogen-bond acceptors (Lipinski definition) is 3. The van der Waals surface area contributed by atoms with Crippen molar-refractivity contribution in [3.05, 3.63) is 71.8 Å². The highest BCUT2D eigenvalue weighted by Crippen LogP contribution is 2.43. The van der Waals surface area contributed by atoms with Gasteiger partial charge < -0.3 is 8.39 Å². The predicted molar refractivity (Wildman–Crippen MR) is 161 cm³/mol. The summed E-state index contributed by atoms with van der Waals surface area (Å²) in [6, 6.07) is 22.6. The fourth-order valence-electron chi connectivity index (χ4n) is 5.56. The summed E-state index contributed by atoms with van der Waals surface area (Å²) >= 11 is 0. The van der Waals surface area contributed by atoms with Gasteiger partial charge in [-0.2, -0.15) is 0 Å². The zero-order valence-corrected chi connectivity index (χ0v) is 23.9. The van der Waals surface area contributed by atoms with E-state index in [0.717, 1.165) is 35.0 Å². The molecule has 1 aromatic heterocycles. The highest BCUT2D eigenvalue weighted by Gasteiger charge is 2.21. The Labute approximate surface area is 221 Å². The molecular weight excluding hydrogens is 473 g/mol. The van der Waals surface area contributed by atoms with E-state index in [0.29, 0.717) is 0 Å². The summed E-state index contributed by atoms with van der Waals surface area (Å²) in [7, 11) is -1.22. The van der Waals surface area contributed by atoms with Gasteiger partial charge >= 0.3 is 8.16 Å². The van der Waals surface area contributed by atoms with E-state index in [1.165, 1.54) is 51.9 Å². The first-order valence-electron chi connectivity index (χ1n) is 13.7. The van der Waals surface area contributed by atoms with Gasteiger partial charge in [-0.1, -0.05) is 96.5 Å². The Bertz CT molecular complexity index is 1560. The molecule has 4 heteroatoms. The fraction of sp³-hybridized carbons (Fsp3) is 0.394. The van der Waals surface area contributed by atoms with E-state index in [9.17, 15) is 0 Å². The summed E-state index contributed by atoms with van der Waals surface area (Å²) in [5, 5.41) is 7.24. The van der Waals surface area contributed by atoms with Crippen LogP contribution in [0.3, 0.4) is 0 Å². The minimum atomic E-state index is -1.22. The molecule has 0 unspecified atom stereocenters. The molecule has 3 nitrogen and oxygen atoms in total. The Morgan fingerprint density at radius 2 is 1.05 bits per heavy atom. The molecule has 0 spiro atoms. The van der Waals surface area contributed by atoms with Crippen molar-refractivity contribution in [3.8, 4) is 0 Å². The van der Waals surface area contributed by atoms with E-state index in [2.05, 4.69) is 107 Å². The highest BCUT2D eigenvalue weighted by atomic mass is 31.1. The third-order valence-corrected chi connectivity index (χ3v) is 9.43. The van der Waals surface area contributed by atoms with Gasteiger partial charge in [0.15, 0.2) is 0 Å². The lowest BCUT2D eigenvalue weighted by Gasteiger charge is -2.22. The van der Waals surface area contributed by atoms with Crippen LogP contribution < -0.4 is 4.67 Å². The van der Waals surface area contributed by atoms with Gasteiger partial charge in [0.05, 0.1) is 0 Å². The lowest BCUT2D eigenvalue weighted by Crippen LogP contribution is -2.26. The van der Waals surface area contributed by atoms with Gasteiger partial charge in [-0.05, 0) is 68.5 Å². The molecule has 1 aliphatic heterocycles. The molecule has 4 aromatic carbocycles. The van der Waals surface area contributed by atoms with Crippen LogP contribution in [0.15, 0.2) is 69.1 Å². The third-order valence-electron chi connectivity index (χ3n) is 7.86. The Kier molecular flexibility index (Phi) is 5.93. The van der Waals surface area contributed by atoms with E-state index < -0.39 is 8.16 Å². The van der Waals surface area contributed by atoms with E-state index in [-0.39, 0.29) is 10.8 Å². The van der Waals surface area contributed by atoms with E-state index in [1.807, 2.05) is 0 Å². The normalized spacial score (nSPS) is 15.7. The molecule has 5 aromatic rings. The molecule has 2 heterocycles. The van der Waals surface area contributed by atoms with Gasteiger partial charge in [0.25, 0.3) is 0 Å². The van der Waals surface area contributed by atoms with Crippen LogP contribution in [0, 0.1) is 0 Å². The molecule has 0 saturated carbocycles. The first-order valence-corrected chi connectivity index (χ1v) is 14.8. The molecule has 0 bridgehead atoms. The van der Waals surface area contributed by atoms with Crippen LogP contribution in [0.5, 0.6) is 0 Å². The molecule has 192 valence electrons. The molecule has 37 heavy (non-hydrogen) atoms. The van der Waals surface area contributed by atoms with Crippen LogP contribution in [0.25, 0.3) is 43.5 Å². The molecule has 1 aliphatic rings. The number of hydrogen-bond donors (Lipinski definition) is 0. The van der Waals surface area contributed by atoms with Gasteiger partial charge in [-0.15, -0.1) is 0 Å². The first-order chi connectivity index (χ1) is 17.6. The SMILES string of the molecule is CC(C)(C)c1ccc2c(ccc3op(N4CCCCC4)oc4ccc5cc(C(C)(C)C)ccc5c4c32)c1. The smallest absolute Gasteiger partial charge is 0.309 e. The zero-order valence-electron chi connectivity index (χ0n) is 23.0. The molecule has 1 saturated heterocycles. The lowest BCUT2D eigenvalue weighted by atomic mass is 9.84. The average molecular weight is 512 g/mol. The Balaban J connectivity index is 1.76. The summed E-state index contributed by atoms with van der Waals surface area (Å²) in [6.45, 7) is 15.7. The molecule has 0 amide bonds. The summed E-state index contributed by atoms with van der Waals surface area (Å²) in [5.41, 5.74) is 4.73. The lowest BCUT2D eigenvalue weighted by molar-refractivity contribution is 0.560. The highest BCUT2D eigenvalue weighted by molar-refractivity contribution is 7.39. The van der Waals surface area contributed by atoms with Gasteiger partial charge in [0.2, 0.25) is 0 Å². The van der Waals surface area contributed by atoms with Crippen molar-refractivity contribution in [2.75, 3.05) is 17.8 Å². The number of piperidine rings is 1. The van der Waals surface area contributed by atoms with Crippen molar-refractivity contribution in [2.24, 2.45) is 0 Å². The van der Waals surface area contributed by atoms with Crippen molar-refractivity contribution in [3.63, 3.8) is 0 Å². The Hall–Kier alpha value is -2.74. The topological polar surface area (TPSA) is 29.5 Å². The summed E-state index contributed by atoms with van der Waals surface area (Å²) in [4.78, 5) is 0. The maximum absolute atomic E-state index is 6.78. The monoisotopic (exact) mass is 511 g/mol. The van der Waals surface area contributed by atoms with Gasteiger partial charge in [-0.25, -0.2) is 4.67 Å². The van der Waals surface area contributed by atoms with Crippen LogP contribution in [0.1, 0.15) is 71.9 Å². The van der Waals surface area contributed by atoms with Crippen molar-refractivity contribution in [1.29, 1.82) is 0 Å². The summed E-state index contributed by atoms with van der Waals surface area (Å²) in [6.07, 6.45) is 3.69. The number of nitrogens with zero attached hydrogens (tertiary/aromatic N) is 1. The molecule has 0 N–H and O–H groups in total. The largest absolute Gasteiger partial charge is 0.408 e. The molecule has 0 aliphatic carbocycles. The van der Waals surface area contributed by atoms with E-state index in [1.54, 1.807) is 0 Å². The van der Waals surface area contributed by atoms with Gasteiger partial charge in [-0.3, -0.25) is 0 Å². The summed E-state index contributed by atoms with van der Waals surface area (Å²) < 4.78 is 16.0. The number of rotatable bonds is 1.